The SMILES string of the molecule is c1ccc(-c2ccc3c(c2)Oc2ccccc2C32c3ccccc3Oc3cc(-c4cccc(-c5ccccc5)n4)ccc32)cc1. The Morgan fingerprint density at radius 1 is 0.333 bits per heavy atom. The van der Waals surface area contributed by atoms with E-state index in [1.165, 1.54) is 0 Å². The molecule has 0 saturated heterocycles. The number of aromatic nitrogens is 1. The van der Waals surface area contributed by atoms with E-state index in [0.29, 0.717) is 0 Å². The van der Waals surface area contributed by atoms with Gasteiger partial charge < -0.3 is 9.47 Å². The standard InChI is InChI=1S/C42H27NO2/c1-3-12-28(13-4-1)30-22-24-34-40(26-30)44-38-20-9-7-16-32(38)42(34)33-17-8-10-21-39(33)45-41-27-31(23-25-35(41)42)37-19-11-18-36(43-37)29-14-5-2-6-15-29/h1-27H. The first-order valence-corrected chi connectivity index (χ1v) is 15.2. The van der Waals surface area contributed by atoms with Gasteiger partial charge in [-0.05, 0) is 47.5 Å². The van der Waals surface area contributed by atoms with Gasteiger partial charge in [-0.3, -0.25) is 0 Å². The lowest BCUT2D eigenvalue weighted by molar-refractivity contribution is 0.399. The van der Waals surface area contributed by atoms with E-state index in [0.717, 1.165) is 78.9 Å². The number of ether oxygens (including phenoxy) is 2. The van der Waals surface area contributed by atoms with Gasteiger partial charge in [-0.1, -0.05) is 127 Å². The summed E-state index contributed by atoms with van der Waals surface area (Å²) in [5.41, 5.74) is 9.92. The summed E-state index contributed by atoms with van der Waals surface area (Å²) in [6.07, 6.45) is 0. The Kier molecular flexibility index (Phi) is 5.72. The zero-order valence-corrected chi connectivity index (χ0v) is 24.4. The highest BCUT2D eigenvalue weighted by Gasteiger charge is 2.50. The Hall–Kier alpha value is -5.93. The molecule has 9 rings (SSSR count). The highest BCUT2D eigenvalue weighted by atomic mass is 16.5. The zero-order chi connectivity index (χ0) is 29.8. The maximum Gasteiger partial charge on any atom is 0.132 e. The van der Waals surface area contributed by atoms with Crippen LogP contribution >= 0.6 is 0 Å². The summed E-state index contributed by atoms with van der Waals surface area (Å²) in [7, 11) is 0. The molecule has 0 radical (unpaired) electrons. The van der Waals surface area contributed by atoms with E-state index in [1.54, 1.807) is 0 Å². The molecular formula is C42H27NO2. The average Bonchev–Trinajstić information content (AvgIpc) is 3.12. The van der Waals surface area contributed by atoms with Crippen molar-refractivity contribution in [3.63, 3.8) is 0 Å². The maximum absolute atomic E-state index is 6.74. The van der Waals surface area contributed by atoms with Gasteiger partial charge in [-0.25, -0.2) is 4.98 Å². The van der Waals surface area contributed by atoms with Gasteiger partial charge in [0, 0.05) is 33.4 Å². The molecule has 1 spiro atoms. The van der Waals surface area contributed by atoms with Crippen LogP contribution in [0.5, 0.6) is 23.0 Å². The van der Waals surface area contributed by atoms with Crippen molar-refractivity contribution in [3.05, 3.63) is 186 Å². The fraction of sp³-hybridized carbons (Fsp3) is 0.0238. The van der Waals surface area contributed by atoms with Gasteiger partial charge in [0.25, 0.3) is 0 Å². The lowest BCUT2D eigenvalue weighted by Crippen LogP contribution is -2.36. The third-order valence-electron chi connectivity index (χ3n) is 9.01. The minimum absolute atomic E-state index is 0.637. The van der Waals surface area contributed by atoms with Crippen LogP contribution in [-0.2, 0) is 5.41 Å². The summed E-state index contributed by atoms with van der Waals surface area (Å²) >= 11 is 0. The van der Waals surface area contributed by atoms with Crippen molar-refractivity contribution in [2.45, 2.75) is 5.41 Å². The number of hydrogen-bond donors (Lipinski definition) is 0. The second kappa shape index (κ2) is 10.1. The summed E-state index contributed by atoms with van der Waals surface area (Å²) in [5, 5.41) is 0. The predicted octanol–water partition coefficient (Wildman–Crippen LogP) is 10.7. The lowest BCUT2D eigenvalue weighted by Gasteiger charge is -2.45. The Morgan fingerprint density at radius 2 is 0.800 bits per heavy atom. The van der Waals surface area contributed by atoms with Gasteiger partial charge in [0.1, 0.15) is 23.0 Å². The third kappa shape index (κ3) is 3.94. The number of pyridine rings is 1. The summed E-state index contributed by atoms with van der Waals surface area (Å²) in [4.78, 5) is 5.05. The van der Waals surface area contributed by atoms with E-state index >= 15 is 0 Å². The second-order valence-electron chi connectivity index (χ2n) is 11.5. The van der Waals surface area contributed by atoms with E-state index < -0.39 is 5.41 Å². The zero-order valence-electron chi connectivity index (χ0n) is 24.4. The molecule has 0 N–H and O–H groups in total. The van der Waals surface area contributed by atoms with Gasteiger partial charge in [0.05, 0.1) is 16.8 Å². The van der Waals surface area contributed by atoms with Crippen LogP contribution in [0.4, 0.5) is 0 Å². The van der Waals surface area contributed by atoms with Crippen molar-refractivity contribution in [3.8, 4) is 56.6 Å². The number of rotatable bonds is 3. The minimum atomic E-state index is -0.637. The first-order valence-electron chi connectivity index (χ1n) is 15.2. The van der Waals surface area contributed by atoms with E-state index in [1.807, 2.05) is 36.4 Å². The van der Waals surface area contributed by atoms with Crippen molar-refractivity contribution in [2.75, 3.05) is 0 Å². The van der Waals surface area contributed by atoms with E-state index in [4.69, 9.17) is 14.5 Å². The third-order valence-corrected chi connectivity index (χ3v) is 9.01. The largest absolute Gasteiger partial charge is 0.457 e. The van der Waals surface area contributed by atoms with Gasteiger partial charge in [-0.2, -0.15) is 0 Å². The highest BCUT2D eigenvalue weighted by Crippen LogP contribution is 2.61. The van der Waals surface area contributed by atoms with Crippen LogP contribution in [0.3, 0.4) is 0 Å². The van der Waals surface area contributed by atoms with Crippen molar-refractivity contribution in [1.29, 1.82) is 0 Å². The predicted molar refractivity (Wildman–Crippen MR) is 179 cm³/mol. The normalized spacial score (nSPS) is 15.6. The minimum Gasteiger partial charge on any atom is -0.457 e. The number of nitrogens with zero attached hydrogens (tertiary/aromatic N) is 1. The molecule has 7 aromatic rings. The number of fused-ring (bicyclic) bond motifs is 8. The van der Waals surface area contributed by atoms with E-state index in [-0.39, 0.29) is 0 Å². The molecule has 0 fully saturated rings. The van der Waals surface area contributed by atoms with E-state index in [9.17, 15) is 0 Å². The Morgan fingerprint density at radius 3 is 1.42 bits per heavy atom. The molecule has 2 aliphatic rings. The van der Waals surface area contributed by atoms with Gasteiger partial charge >= 0.3 is 0 Å². The van der Waals surface area contributed by atoms with Gasteiger partial charge in [0.2, 0.25) is 0 Å². The molecule has 1 aromatic heterocycles. The molecule has 0 saturated carbocycles. The van der Waals surface area contributed by atoms with Crippen LogP contribution in [0.15, 0.2) is 164 Å². The second-order valence-corrected chi connectivity index (χ2v) is 11.5. The quantitative estimate of drug-likeness (QED) is 0.209. The van der Waals surface area contributed by atoms with Crippen LogP contribution < -0.4 is 9.47 Å². The molecule has 0 amide bonds. The Labute approximate surface area is 262 Å². The molecule has 3 heterocycles. The number of hydrogen-bond acceptors (Lipinski definition) is 3. The van der Waals surface area contributed by atoms with Crippen LogP contribution in [0.1, 0.15) is 22.3 Å². The molecule has 1 atom stereocenters. The van der Waals surface area contributed by atoms with Gasteiger partial charge in [0.15, 0.2) is 0 Å². The first-order chi connectivity index (χ1) is 22.3. The van der Waals surface area contributed by atoms with Crippen molar-refractivity contribution < 1.29 is 9.47 Å². The summed E-state index contributed by atoms with van der Waals surface area (Å²) in [6.45, 7) is 0. The fourth-order valence-corrected chi connectivity index (χ4v) is 7.01. The summed E-state index contributed by atoms with van der Waals surface area (Å²) in [5.74, 6) is 3.34. The summed E-state index contributed by atoms with van der Waals surface area (Å²) in [6, 6.07) is 56.8. The first kappa shape index (κ1) is 25.6. The molecule has 3 nitrogen and oxygen atoms in total. The highest BCUT2D eigenvalue weighted by molar-refractivity contribution is 5.79. The van der Waals surface area contributed by atoms with Crippen molar-refractivity contribution in [1.82, 2.24) is 4.98 Å². The maximum atomic E-state index is 6.74. The number of para-hydroxylation sites is 2. The molecule has 6 aromatic carbocycles. The Balaban J connectivity index is 1.28. The molecule has 3 heteroatoms. The average molecular weight is 578 g/mol. The molecule has 0 aliphatic carbocycles. The lowest BCUT2D eigenvalue weighted by atomic mass is 9.62. The molecule has 45 heavy (non-hydrogen) atoms. The molecule has 212 valence electrons. The van der Waals surface area contributed by atoms with Crippen LogP contribution in [0, 0.1) is 0 Å². The van der Waals surface area contributed by atoms with Crippen LogP contribution in [0.25, 0.3) is 33.6 Å². The number of benzene rings is 6. The van der Waals surface area contributed by atoms with Gasteiger partial charge in [-0.15, -0.1) is 0 Å². The smallest absolute Gasteiger partial charge is 0.132 e. The molecule has 2 aliphatic heterocycles. The van der Waals surface area contributed by atoms with E-state index in [2.05, 4.69) is 127 Å². The summed E-state index contributed by atoms with van der Waals surface area (Å²) < 4.78 is 13.4. The monoisotopic (exact) mass is 577 g/mol. The Bertz CT molecular complexity index is 2210. The van der Waals surface area contributed by atoms with Crippen molar-refractivity contribution in [2.24, 2.45) is 0 Å². The molecule has 1 unspecified atom stereocenters. The molecule has 0 bridgehead atoms. The van der Waals surface area contributed by atoms with Crippen molar-refractivity contribution >= 4 is 0 Å². The molecular weight excluding hydrogens is 550 g/mol. The van der Waals surface area contributed by atoms with Crippen LogP contribution in [0.2, 0.25) is 0 Å². The fourth-order valence-electron chi connectivity index (χ4n) is 7.01. The topological polar surface area (TPSA) is 31.4 Å². The van der Waals surface area contributed by atoms with Crippen LogP contribution in [-0.4, -0.2) is 4.98 Å².